The summed E-state index contributed by atoms with van der Waals surface area (Å²) in [5, 5.41) is 0. The third-order valence-electron chi connectivity index (χ3n) is 3.12. The molecular weight excluding hydrogens is 184 g/mol. The average molecular weight is 208 g/mol. The number of likely N-dealkylation sites (N-methyl/N-ethyl adjacent to an activating group) is 1. The lowest BCUT2D eigenvalue weighted by Crippen LogP contribution is -2.38. The lowest BCUT2D eigenvalue weighted by atomic mass is 9.81. The first-order valence-corrected chi connectivity index (χ1v) is 5.88. The van der Waals surface area contributed by atoms with Crippen LogP contribution in [0.2, 0.25) is 0 Å². The van der Waals surface area contributed by atoms with Gasteiger partial charge in [0.15, 0.2) is 0 Å². The van der Waals surface area contributed by atoms with E-state index in [4.69, 9.17) is 5.73 Å². The van der Waals surface area contributed by atoms with Gasteiger partial charge in [-0.05, 0) is 19.9 Å². The van der Waals surface area contributed by atoms with Crippen molar-refractivity contribution in [2.75, 3.05) is 26.2 Å². The molecule has 1 rings (SSSR count). The Morgan fingerprint density at radius 1 is 1.53 bits per heavy atom. The van der Waals surface area contributed by atoms with Crippen LogP contribution in [-0.2, 0) is 0 Å². The minimum absolute atomic E-state index is 0.296. The van der Waals surface area contributed by atoms with Crippen molar-refractivity contribution in [3.05, 3.63) is 23.8 Å². The maximum absolute atomic E-state index is 5.60. The van der Waals surface area contributed by atoms with Gasteiger partial charge in [0.25, 0.3) is 0 Å². The number of allylic oxidation sites excluding steroid dienone is 3. The lowest BCUT2D eigenvalue weighted by molar-refractivity contribution is 0.211. The van der Waals surface area contributed by atoms with Gasteiger partial charge in [0, 0.05) is 25.0 Å². The van der Waals surface area contributed by atoms with Crippen LogP contribution in [0.1, 0.15) is 27.2 Å². The molecule has 0 saturated heterocycles. The van der Waals surface area contributed by atoms with Crippen LogP contribution in [0.4, 0.5) is 0 Å². The van der Waals surface area contributed by atoms with Crippen LogP contribution >= 0.6 is 0 Å². The summed E-state index contributed by atoms with van der Waals surface area (Å²) in [6.45, 7) is 10.6. The Morgan fingerprint density at radius 2 is 2.27 bits per heavy atom. The van der Waals surface area contributed by atoms with Crippen LogP contribution in [0.15, 0.2) is 23.8 Å². The SMILES string of the molecule is CCN(CCN)CC1(C)C=CC(C)=CC1. The van der Waals surface area contributed by atoms with Crippen molar-refractivity contribution in [2.45, 2.75) is 27.2 Å². The highest BCUT2D eigenvalue weighted by molar-refractivity contribution is 5.24. The van der Waals surface area contributed by atoms with Crippen molar-refractivity contribution in [2.24, 2.45) is 11.1 Å². The highest BCUT2D eigenvalue weighted by Gasteiger charge is 2.24. The lowest BCUT2D eigenvalue weighted by Gasteiger charge is -2.33. The molecular formula is C13H24N2. The summed E-state index contributed by atoms with van der Waals surface area (Å²) in [4.78, 5) is 2.43. The van der Waals surface area contributed by atoms with Crippen LogP contribution in [0.5, 0.6) is 0 Å². The van der Waals surface area contributed by atoms with Gasteiger partial charge >= 0.3 is 0 Å². The van der Waals surface area contributed by atoms with Gasteiger partial charge in [-0.15, -0.1) is 0 Å². The predicted molar refractivity (Wildman–Crippen MR) is 66.8 cm³/mol. The molecule has 0 aliphatic heterocycles. The Bertz CT molecular complexity index is 255. The Balaban J connectivity index is 2.53. The summed E-state index contributed by atoms with van der Waals surface area (Å²) in [5.74, 6) is 0. The fraction of sp³-hybridized carbons (Fsp3) is 0.692. The molecule has 0 spiro atoms. The van der Waals surface area contributed by atoms with Crippen molar-refractivity contribution < 1.29 is 0 Å². The fourth-order valence-corrected chi connectivity index (χ4v) is 2.02. The van der Waals surface area contributed by atoms with Gasteiger partial charge in [-0.1, -0.05) is 37.6 Å². The molecule has 2 heteroatoms. The monoisotopic (exact) mass is 208 g/mol. The molecule has 15 heavy (non-hydrogen) atoms. The highest BCUT2D eigenvalue weighted by Crippen LogP contribution is 2.30. The zero-order valence-corrected chi connectivity index (χ0v) is 10.3. The molecule has 2 nitrogen and oxygen atoms in total. The van der Waals surface area contributed by atoms with Crippen LogP contribution < -0.4 is 5.73 Å². The molecule has 0 amide bonds. The third kappa shape index (κ3) is 3.80. The average Bonchev–Trinajstić information content (AvgIpc) is 2.22. The standard InChI is InChI=1S/C13H24N2/c1-4-15(10-9-14)11-13(3)7-5-12(2)6-8-13/h5-7H,4,8-11,14H2,1-3H3. The van der Waals surface area contributed by atoms with Crippen molar-refractivity contribution in [1.29, 1.82) is 0 Å². The van der Waals surface area contributed by atoms with Crippen LogP contribution in [0, 0.1) is 5.41 Å². The Hall–Kier alpha value is -0.600. The van der Waals surface area contributed by atoms with Gasteiger partial charge < -0.3 is 10.6 Å². The summed E-state index contributed by atoms with van der Waals surface area (Å²) < 4.78 is 0. The topological polar surface area (TPSA) is 29.3 Å². The van der Waals surface area contributed by atoms with E-state index in [-0.39, 0.29) is 0 Å². The van der Waals surface area contributed by atoms with Gasteiger partial charge in [0.1, 0.15) is 0 Å². The van der Waals surface area contributed by atoms with Crippen molar-refractivity contribution in [3.63, 3.8) is 0 Å². The van der Waals surface area contributed by atoms with E-state index in [1.54, 1.807) is 0 Å². The fourth-order valence-electron chi connectivity index (χ4n) is 2.02. The first-order valence-electron chi connectivity index (χ1n) is 5.88. The summed E-state index contributed by atoms with van der Waals surface area (Å²) in [6, 6.07) is 0. The normalized spacial score (nSPS) is 25.8. The highest BCUT2D eigenvalue weighted by atomic mass is 15.1. The van der Waals surface area contributed by atoms with E-state index in [1.807, 2.05) is 0 Å². The number of hydrogen-bond acceptors (Lipinski definition) is 2. The van der Waals surface area contributed by atoms with E-state index in [0.29, 0.717) is 5.41 Å². The maximum atomic E-state index is 5.60. The number of hydrogen-bond donors (Lipinski definition) is 1. The molecule has 2 N–H and O–H groups in total. The molecule has 0 aromatic carbocycles. The van der Waals surface area contributed by atoms with Gasteiger partial charge in [-0.3, -0.25) is 0 Å². The molecule has 1 aliphatic carbocycles. The molecule has 0 aromatic rings. The largest absolute Gasteiger partial charge is 0.329 e. The van der Waals surface area contributed by atoms with Crippen LogP contribution in [-0.4, -0.2) is 31.1 Å². The molecule has 1 atom stereocenters. The Kier molecular flexibility index (Phi) is 4.55. The number of nitrogens with zero attached hydrogens (tertiary/aromatic N) is 1. The molecule has 0 aromatic heterocycles. The second-order valence-corrected chi connectivity index (χ2v) is 4.80. The summed E-state index contributed by atoms with van der Waals surface area (Å²) in [5.41, 5.74) is 7.28. The molecule has 0 fully saturated rings. The molecule has 0 saturated carbocycles. The smallest absolute Gasteiger partial charge is 0.0105 e. The third-order valence-corrected chi connectivity index (χ3v) is 3.12. The molecule has 1 unspecified atom stereocenters. The van der Waals surface area contributed by atoms with Gasteiger partial charge in [-0.25, -0.2) is 0 Å². The molecule has 0 radical (unpaired) electrons. The van der Waals surface area contributed by atoms with Crippen molar-refractivity contribution >= 4 is 0 Å². The molecule has 1 aliphatic rings. The zero-order chi connectivity index (χ0) is 11.3. The molecule has 0 bridgehead atoms. The van der Waals surface area contributed by atoms with Gasteiger partial charge in [-0.2, -0.15) is 0 Å². The summed E-state index contributed by atoms with van der Waals surface area (Å²) in [6.07, 6.45) is 8.06. The van der Waals surface area contributed by atoms with Crippen molar-refractivity contribution in [1.82, 2.24) is 4.90 Å². The Morgan fingerprint density at radius 3 is 2.73 bits per heavy atom. The van der Waals surface area contributed by atoms with E-state index >= 15 is 0 Å². The summed E-state index contributed by atoms with van der Waals surface area (Å²) >= 11 is 0. The van der Waals surface area contributed by atoms with E-state index < -0.39 is 0 Å². The second-order valence-electron chi connectivity index (χ2n) is 4.80. The van der Waals surface area contributed by atoms with Gasteiger partial charge in [0.2, 0.25) is 0 Å². The second kappa shape index (κ2) is 5.47. The van der Waals surface area contributed by atoms with E-state index in [0.717, 1.165) is 32.6 Å². The van der Waals surface area contributed by atoms with Crippen LogP contribution in [0.25, 0.3) is 0 Å². The van der Waals surface area contributed by atoms with Gasteiger partial charge in [0.05, 0.1) is 0 Å². The number of rotatable bonds is 5. The minimum atomic E-state index is 0.296. The minimum Gasteiger partial charge on any atom is -0.329 e. The Labute approximate surface area is 93.8 Å². The predicted octanol–water partition coefficient (Wildman–Crippen LogP) is 2.18. The maximum Gasteiger partial charge on any atom is 0.0105 e. The molecule has 86 valence electrons. The summed E-state index contributed by atoms with van der Waals surface area (Å²) in [7, 11) is 0. The van der Waals surface area contributed by atoms with E-state index in [9.17, 15) is 0 Å². The van der Waals surface area contributed by atoms with Crippen LogP contribution in [0.3, 0.4) is 0 Å². The van der Waals surface area contributed by atoms with E-state index in [1.165, 1.54) is 5.57 Å². The quantitative estimate of drug-likeness (QED) is 0.750. The number of nitrogens with two attached hydrogens (primary N) is 1. The zero-order valence-electron chi connectivity index (χ0n) is 10.3. The van der Waals surface area contributed by atoms with Crippen molar-refractivity contribution in [3.8, 4) is 0 Å². The first-order chi connectivity index (χ1) is 7.09. The van der Waals surface area contributed by atoms with E-state index in [2.05, 4.69) is 43.9 Å². The molecule has 0 heterocycles. The first kappa shape index (κ1) is 12.5.